The van der Waals surface area contributed by atoms with Crippen LogP contribution < -0.4 is 5.32 Å². The van der Waals surface area contributed by atoms with E-state index in [0.717, 1.165) is 8.28 Å². The molecule has 7 rings (SSSR count). The van der Waals surface area contributed by atoms with Crippen LogP contribution in [0.3, 0.4) is 0 Å². The van der Waals surface area contributed by atoms with Gasteiger partial charge in [0.2, 0.25) is 11.8 Å². The lowest BCUT2D eigenvalue weighted by atomic mass is 9.87. The third-order valence-electron chi connectivity index (χ3n) is 9.82. The molecule has 3 aliphatic rings. The minimum atomic E-state index is -4.70. The topological polar surface area (TPSA) is 151 Å². The fraction of sp³-hybridized carbons (Fsp3) is 0.364. The summed E-state index contributed by atoms with van der Waals surface area (Å²) in [5.74, 6) is -0.526. The first-order valence-corrected chi connectivity index (χ1v) is 19.0. The van der Waals surface area contributed by atoms with Gasteiger partial charge in [-0.3, -0.25) is 19.9 Å². The molecular weight excluding hydrogens is 692 g/mol. The number of hydrogen-bond acceptors (Lipinski definition) is 9. The van der Waals surface area contributed by atoms with Gasteiger partial charge in [0, 0.05) is 55.8 Å². The van der Waals surface area contributed by atoms with Gasteiger partial charge in [0.15, 0.2) is 5.03 Å². The number of carbonyl (C=O) groups is 2. The lowest BCUT2D eigenvalue weighted by molar-refractivity contribution is -0.151. The first-order chi connectivity index (χ1) is 23.3. The summed E-state index contributed by atoms with van der Waals surface area (Å²) >= 11 is 6.26. The molecule has 4 aromatic rings. The molecule has 1 spiro atoms. The number of carbonyl (C=O) groups excluding carboxylic acids is 2. The van der Waals surface area contributed by atoms with Crippen LogP contribution in [0.15, 0.2) is 88.9 Å². The lowest BCUT2D eigenvalue weighted by Gasteiger charge is -2.49. The highest BCUT2D eigenvalue weighted by Gasteiger charge is 2.63. The van der Waals surface area contributed by atoms with Crippen LogP contribution in [0.5, 0.6) is 0 Å². The highest BCUT2D eigenvalue weighted by molar-refractivity contribution is 7.92. The molecule has 258 valence electrons. The van der Waals surface area contributed by atoms with E-state index in [2.05, 4.69) is 10.3 Å². The van der Waals surface area contributed by atoms with Crippen LogP contribution in [0, 0.1) is 0 Å². The monoisotopic (exact) mass is 726 g/mol. The molecule has 5 heterocycles. The summed E-state index contributed by atoms with van der Waals surface area (Å²) in [6.45, 7) is 1.90. The second-order valence-electron chi connectivity index (χ2n) is 12.7. The van der Waals surface area contributed by atoms with Gasteiger partial charge in [-0.1, -0.05) is 35.9 Å². The van der Waals surface area contributed by atoms with E-state index in [-0.39, 0.29) is 29.4 Å². The van der Waals surface area contributed by atoms with Gasteiger partial charge in [0.05, 0.1) is 29.2 Å². The maximum absolute atomic E-state index is 14.9. The molecule has 3 fully saturated rings. The molecule has 0 saturated carbocycles. The van der Waals surface area contributed by atoms with Crippen LogP contribution in [0.2, 0.25) is 5.02 Å². The van der Waals surface area contributed by atoms with Crippen LogP contribution in [0.25, 0.3) is 10.9 Å². The first kappa shape index (κ1) is 33.6. The first-order valence-electron chi connectivity index (χ1n) is 15.7. The number of nitrogens with one attached hydrogen (secondary N) is 1. The number of fused-ring (bicyclic) bond motifs is 2. The van der Waals surface area contributed by atoms with Crippen molar-refractivity contribution in [1.29, 1.82) is 0 Å². The Morgan fingerprint density at radius 3 is 2.33 bits per heavy atom. The number of methoxy groups -OCH3 is 1. The number of rotatable bonds is 7. The second-order valence-corrected chi connectivity index (χ2v) is 16.8. The van der Waals surface area contributed by atoms with Crippen LogP contribution in [0.4, 0.5) is 0 Å². The Bertz CT molecular complexity index is 2160. The smallest absolute Gasteiger partial charge is 0.269 e. The van der Waals surface area contributed by atoms with Gasteiger partial charge >= 0.3 is 0 Å². The van der Waals surface area contributed by atoms with Crippen molar-refractivity contribution in [1.82, 2.24) is 28.4 Å². The summed E-state index contributed by atoms with van der Waals surface area (Å²) in [7, 11) is -7.66. The van der Waals surface area contributed by atoms with Crippen LogP contribution in [-0.4, -0.2) is 103 Å². The number of likely N-dealkylation sites (tertiary alicyclic amines) is 1. The fourth-order valence-electron chi connectivity index (χ4n) is 7.48. The normalized spacial score (nSPS) is 22.1. The van der Waals surface area contributed by atoms with Crippen molar-refractivity contribution in [3.05, 3.63) is 89.7 Å². The fourth-order valence-corrected chi connectivity index (χ4v) is 11.2. The molecule has 1 N–H and O–H groups in total. The van der Waals surface area contributed by atoms with E-state index in [9.17, 15) is 26.4 Å². The van der Waals surface area contributed by atoms with Crippen molar-refractivity contribution in [2.45, 2.75) is 47.0 Å². The highest BCUT2D eigenvalue weighted by atomic mass is 35.5. The molecule has 49 heavy (non-hydrogen) atoms. The number of ether oxygens (including phenoxy) is 1. The molecule has 16 heteroatoms. The molecule has 2 amide bonds. The maximum atomic E-state index is 14.9. The molecule has 0 aliphatic carbocycles. The quantitative estimate of drug-likeness (QED) is 0.303. The minimum Gasteiger partial charge on any atom is -0.371 e. The average molecular weight is 727 g/mol. The molecule has 2 aromatic carbocycles. The van der Waals surface area contributed by atoms with Crippen molar-refractivity contribution in [2.75, 3.05) is 39.8 Å². The zero-order valence-corrected chi connectivity index (χ0v) is 29.2. The van der Waals surface area contributed by atoms with Crippen LogP contribution in [-0.2, 0) is 34.4 Å². The number of hydrogen-bond donors (Lipinski definition) is 1. The Kier molecular flexibility index (Phi) is 8.36. The van der Waals surface area contributed by atoms with Gasteiger partial charge in [0.1, 0.15) is 11.8 Å². The Hall–Kier alpha value is -3.86. The van der Waals surface area contributed by atoms with Gasteiger partial charge in [-0.15, -0.1) is 0 Å². The van der Waals surface area contributed by atoms with E-state index in [1.165, 1.54) is 50.4 Å². The summed E-state index contributed by atoms with van der Waals surface area (Å²) < 4.78 is 66.0. The number of piperazine rings is 1. The van der Waals surface area contributed by atoms with Gasteiger partial charge < -0.3 is 14.5 Å². The molecule has 2 aromatic heterocycles. The van der Waals surface area contributed by atoms with Crippen molar-refractivity contribution in [2.24, 2.45) is 0 Å². The average Bonchev–Trinajstić information content (AvgIpc) is 3.63. The number of benzene rings is 2. The Balaban J connectivity index is 1.37. The van der Waals surface area contributed by atoms with Gasteiger partial charge in [-0.25, -0.2) is 20.8 Å². The van der Waals surface area contributed by atoms with Crippen molar-refractivity contribution < 1.29 is 31.2 Å². The third kappa shape index (κ3) is 5.52. The molecular formula is C33H35ClN6O7S2. The Morgan fingerprint density at radius 2 is 1.67 bits per heavy atom. The zero-order chi connectivity index (χ0) is 34.8. The molecule has 0 bridgehead atoms. The van der Waals surface area contributed by atoms with Crippen molar-refractivity contribution in [3.63, 3.8) is 0 Å². The molecule has 3 aliphatic heterocycles. The number of amides is 2. The number of halogens is 1. The number of nitrogens with zero attached hydrogens (tertiary/aromatic N) is 5. The SMILES string of the molecule is COC(c1ccccn1)C12CN(S(=O)(=O)c3cc4cc(Cl)ccc4n3S(=O)(=O)c3ccccc3)CC(=O)N1CC1(CCN(C(C)=O)CC1)N2. The summed E-state index contributed by atoms with van der Waals surface area (Å²) in [6.07, 6.45) is 1.72. The number of aromatic nitrogens is 2. The summed E-state index contributed by atoms with van der Waals surface area (Å²) in [6, 6.07) is 18.5. The number of sulfonamides is 1. The van der Waals surface area contributed by atoms with E-state index in [4.69, 9.17) is 16.3 Å². The van der Waals surface area contributed by atoms with E-state index in [1.54, 1.807) is 52.4 Å². The van der Waals surface area contributed by atoms with Crippen LogP contribution in [0.1, 0.15) is 31.6 Å². The predicted octanol–water partition coefficient (Wildman–Crippen LogP) is 2.83. The second kappa shape index (κ2) is 12.2. The summed E-state index contributed by atoms with van der Waals surface area (Å²) in [4.78, 5) is 34.2. The number of pyridine rings is 1. The standard InChI is InChI=1S/C33H35ClN6O7S2/c1-23(41)37-16-13-32(14-17-37)21-39-29(42)20-38(22-33(39,36-32)31(47-2)27-10-6-7-15-35-27)49(45,46)30-19-24-18-25(34)11-12-28(24)40(30)48(43,44)26-8-4-3-5-9-26/h3-12,15,18-19,31,36H,13-14,16-17,20-22H2,1-2H3. The molecule has 13 nitrogen and oxygen atoms in total. The largest absolute Gasteiger partial charge is 0.371 e. The lowest BCUT2D eigenvalue weighted by Crippen LogP contribution is -2.70. The summed E-state index contributed by atoms with van der Waals surface area (Å²) in [5.41, 5.74) is -1.48. The van der Waals surface area contributed by atoms with E-state index < -0.39 is 54.8 Å². The molecule has 2 atom stereocenters. The van der Waals surface area contributed by atoms with E-state index in [1.807, 2.05) is 0 Å². The maximum Gasteiger partial charge on any atom is 0.269 e. The predicted molar refractivity (Wildman–Crippen MR) is 181 cm³/mol. The molecule has 2 unspecified atom stereocenters. The Morgan fingerprint density at radius 1 is 0.959 bits per heavy atom. The van der Waals surface area contributed by atoms with Crippen molar-refractivity contribution in [3.8, 4) is 0 Å². The number of piperidine rings is 1. The molecule has 3 saturated heterocycles. The van der Waals surface area contributed by atoms with Gasteiger partial charge in [0.25, 0.3) is 20.0 Å². The zero-order valence-electron chi connectivity index (χ0n) is 26.8. The third-order valence-corrected chi connectivity index (χ3v) is 13.7. The van der Waals surface area contributed by atoms with Gasteiger partial charge in [-0.05, 0) is 61.4 Å². The van der Waals surface area contributed by atoms with Crippen LogP contribution >= 0.6 is 11.6 Å². The van der Waals surface area contributed by atoms with E-state index in [0.29, 0.717) is 42.0 Å². The Labute approximate surface area is 289 Å². The van der Waals surface area contributed by atoms with E-state index >= 15 is 0 Å². The minimum absolute atomic E-state index is 0.0426. The highest BCUT2D eigenvalue weighted by Crippen LogP contribution is 2.45. The van der Waals surface area contributed by atoms with Crippen molar-refractivity contribution >= 4 is 54.4 Å². The summed E-state index contributed by atoms with van der Waals surface area (Å²) in [5, 5.41) is 3.73. The molecule has 0 radical (unpaired) electrons. The van der Waals surface area contributed by atoms with Gasteiger partial charge in [-0.2, -0.15) is 4.31 Å².